The highest BCUT2D eigenvalue weighted by Gasteiger charge is 2.30. The first-order valence-electron chi connectivity index (χ1n) is 7.95. The number of ether oxygens (including phenoxy) is 1. The van der Waals surface area contributed by atoms with Crippen LogP contribution in [0, 0.1) is 0 Å². The molecule has 0 radical (unpaired) electrons. The number of aliphatic hydroxyl groups excluding tert-OH is 1. The Hall–Kier alpha value is -2.17. The number of benzene rings is 2. The molecule has 1 heterocycles. The van der Waals surface area contributed by atoms with Gasteiger partial charge in [0, 0.05) is 6.61 Å². The molecular formula is C19H21NO3. The van der Waals surface area contributed by atoms with Crippen LogP contribution in [0.1, 0.15) is 36.1 Å². The van der Waals surface area contributed by atoms with Crippen LogP contribution in [0.15, 0.2) is 60.7 Å². The van der Waals surface area contributed by atoms with Gasteiger partial charge < -0.3 is 15.2 Å². The Morgan fingerprint density at radius 3 is 2.22 bits per heavy atom. The van der Waals surface area contributed by atoms with Crippen molar-refractivity contribution in [3.63, 3.8) is 0 Å². The summed E-state index contributed by atoms with van der Waals surface area (Å²) in [6, 6.07) is 18.5. The van der Waals surface area contributed by atoms with Crippen molar-refractivity contribution in [3.05, 3.63) is 71.8 Å². The van der Waals surface area contributed by atoms with Gasteiger partial charge in [0.05, 0.1) is 12.1 Å². The molecule has 1 aliphatic rings. The highest BCUT2D eigenvalue weighted by Crippen LogP contribution is 2.27. The average molecular weight is 311 g/mol. The van der Waals surface area contributed by atoms with Gasteiger partial charge in [0.2, 0.25) is 0 Å². The Balaban J connectivity index is 1.77. The summed E-state index contributed by atoms with van der Waals surface area (Å²) in [5, 5.41) is 13.2. The lowest BCUT2D eigenvalue weighted by molar-refractivity contribution is -0.131. The van der Waals surface area contributed by atoms with Crippen LogP contribution in [-0.2, 0) is 9.53 Å². The SMILES string of the molecule is O=C(NC(c1ccccc1)C1CCCO1)[C@H](O)c1ccccc1. The maximum Gasteiger partial charge on any atom is 0.254 e. The number of hydrogen-bond donors (Lipinski definition) is 2. The fourth-order valence-corrected chi connectivity index (χ4v) is 2.94. The van der Waals surface area contributed by atoms with Gasteiger partial charge in [-0.05, 0) is 24.0 Å². The van der Waals surface area contributed by atoms with Gasteiger partial charge in [-0.3, -0.25) is 4.79 Å². The smallest absolute Gasteiger partial charge is 0.254 e. The normalized spacial score (nSPS) is 20.0. The van der Waals surface area contributed by atoms with Crippen LogP contribution < -0.4 is 5.32 Å². The first-order chi connectivity index (χ1) is 11.3. The van der Waals surface area contributed by atoms with Crippen molar-refractivity contribution in [2.75, 3.05) is 6.61 Å². The molecule has 4 heteroatoms. The predicted octanol–water partition coefficient (Wildman–Crippen LogP) is 2.76. The minimum absolute atomic E-state index is 0.0516. The molecule has 2 N–H and O–H groups in total. The van der Waals surface area contributed by atoms with Crippen molar-refractivity contribution in [3.8, 4) is 0 Å². The molecule has 3 rings (SSSR count). The van der Waals surface area contributed by atoms with E-state index in [1.807, 2.05) is 36.4 Å². The van der Waals surface area contributed by atoms with E-state index in [0.29, 0.717) is 12.2 Å². The van der Waals surface area contributed by atoms with Gasteiger partial charge in [0.25, 0.3) is 5.91 Å². The van der Waals surface area contributed by atoms with E-state index in [-0.39, 0.29) is 12.1 Å². The fraction of sp³-hybridized carbons (Fsp3) is 0.316. The van der Waals surface area contributed by atoms with Gasteiger partial charge in [0.15, 0.2) is 6.10 Å². The third-order valence-corrected chi connectivity index (χ3v) is 4.16. The largest absolute Gasteiger partial charge is 0.378 e. The molecule has 23 heavy (non-hydrogen) atoms. The Bertz CT molecular complexity index is 624. The molecule has 0 aromatic heterocycles. The summed E-state index contributed by atoms with van der Waals surface area (Å²) in [4.78, 5) is 12.5. The molecule has 2 aromatic carbocycles. The zero-order valence-electron chi connectivity index (χ0n) is 12.9. The van der Waals surface area contributed by atoms with Gasteiger partial charge in [-0.1, -0.05) is 60.7 Å². The summed E-state index contributed by atoms with van der Waals surface area (Å²) in [7, 11) is 0. The van der Waals surface area contributed by atoms with E-state index >= 15 is 0 Å². The lowest BCUT2D eigenvalue weighted by Crippen LogP contribution is -2.38. The standard InChI is InChI=1S/C19H21NO3/c21-18(15-10-5-2-6-11-15)19(22)20-17(16-12-7-13-23-16)14-8-3-1-4-9-14/h1-6,8-11,16-18,21H,7,12-13H2,(H,20,22)/t16?,17?,18-/m1/s1. The van der Waals surface area contributed by atoms with Crippen LogP contribution in [-0.4, -0.2) is 23.7 Å². The quantitative estimate of drug-likeness (QED) is 0.892. The van der Waals surface area contributed by atoms with E-state index in [0.717, 1.165) is 18.4 Å². The molecule has 1 aliphatic heterocycles. The first kappa shape index (κ1) is 15.7. The molecule has 0 bridgehead atoms. The van der Waals surface area contributed by atoms with E-state index in [1.54, 1.807) is 24.3 Å². The maximum absolute atomic E-state index is 12.5. The topological polar surface area (TPSA) is 58.6 Å². The van der Waals surface area contributed by atoms with Crippen molar-refractivity contribution >= 4 is 5.91 Å². The van der Waals surface area contributed by atoms with E-state index in [1.165, 1.54) is 0 Å². The Kier molecular flexibility index (Phi) is 5.05. The third-order valence-electron chi connectivity index (χ3n) is 4.16. The zero-order valence-corrected chi connectivity index (χ0v) is 12.9. The van der Waals surface area contributed by atoms with E-state index in [2.05, 4.69) is 5.32 Å². The second kappa shape index (κ2) is 7.40. The van der Waals surface area contributed by atoms with Crippen molar-refractivity contribution in [2.45, 2.75) is 31.1 Å². The number of carbonyl (C=O) groups is 1. The van der Waals surface area contributed by atoms with E-state index in [9.17, 15) is 9.90 Å². The summed E-state index contributed by atoms with van der Waals surface area (Å²) in [6.07, 6.45) is 0.667. The molecule has 2 aromatic rings. The number of amides is 1. The minimum atomic E-state index is -1.18. The Morgan fingerprint density at radius 1 is 1.04 bits per heavy atom. The molecule has 0 aliphatic carbocycles. The molecule has 1 fully saturated rings. The van der Waals surface area contributed by atoms with Crippen molar-refractivity contribution in [1.29, 1.82) is 0 Å². The number of hydrogen-bond acceptors (Lipinski definition) is 3. The summed E-state index contributed by atoms with van der Waals surface area (Å²) in [5.74, 6) is -0.402. The Morgan fingerprint density at radius 2 is 1.65 bits per heavy atom. The highest BCUT2D eigenvalue weighted by atomic mass is 16.5. The third kappa shape index (κ3) is 3.78. The average Bonchev–Trinajstić information content (AvgIpc) is 3.14. The zero-order chi connectivity index (χ0) is 16.1. The lowest BCUT2D eigenvalue weighted by atomic mass is 9.98. The van der Waals surface area contributed by atoms with Crippen molar-refractivity contribution < 1.29 is 14.6 Å². The fourth-order valence-electron chi connectivity index (χ4n) is 2.94. The molecule has 3 atom stereocenters. The molecule has 2 unspecified atom stereocenters. The van der Waals surface area contributed by atoms with Crippen molar-refractivity contribution in [2.24, 2.45) is 0 Å². The summed E-state index contributed by atoms with van der Waals surface area (Å²) < 4.78 is 5.76. The van der Waals surface area contributed by atoms with Gasteiger partial charge in [-0.2, -0.15) is 0 Å². The molecular weight excluding hydrogens is 290 g/mol. The Labute approximate surface area is 136 Å². The maximum atomic E-state index is 12.5. The van der Waals surface area contributed by atoms with Crippen LogP contribution >= 0.6 is 0 Å². The van der Waals surface area contributed by atoms with E-state index < -0.39 is 12.0 Å². The van der Waals surface area contributed by atoms with Gasteiger partial charge in [-0.15, -0.1) is 0 Å². The number of nitrogens with one attached hydrogen (secondary N) is 1. The molecule has 120 valence electrons. The number of carbonyl (C=O) groups excluding carboxylic acids is 1. The second-order valence-electron chi connectivity index (χ2n) is 5.76. The van der Waals surface area contributed by atoms with Crippen LogP contribution in [0.3, 0.4) is 0 Å². The lowest BCUT2D eigenvalue weighted by Gasteiger charge is -2.26. The molecule has 0 saturated carbocycles. The summed E-state index contributed by atoms with van der Waals surface area (Å²) in [5.41, 5.74) is 1.58. The molecule has 4 nitrogen and oxygen atoms in total. The number of rotatable bonds is 5. The van der Waals surface area contributed by atoms with Crippen LogP contribution in [0.4, 0.5) is 0 Å². The van der Waals surface area contributed by atoms with Crippen LogP contribution in [0.5, 0.6) is 0 Å². The minimum Gasteiger partial charge on any atom is -0.378 e. The summed E-state index contributed by atoms with van der Waals surface area (Å²) >= 11 is 0. The first-order valence-corrected chi connectivity index (χ1v) is 7.95. The number of aliphatic hydroxyl groups is 1. The molecule has 1 amide bonds. The molecule has 1 saturated heterocycles. The van der Waals surface area contributed by atoms with E-state index in [4.69, 9.17) is 4.74 Å². The second-order valence-corrected chi connectivity index (χ2v) is 5.76. The van der Waals surface area contributed by atoms with Crippen LogP contribution in [0.2, 0.25) is 0 Å². The summed E-state index contributed by atoms with van der Waals surface area (Å²) in [6.45, 7) is 0.713. The van der Waals surface area contributed by atoms with Crippen molar-refractivity contribution in [1.82, 2.24) is 5.32 Å². The van der Waals surface area contributed by atoms with Gasteiger partial charge >= 0.3 is 0 Å². The van der Waals surface area contributed by atoms with Gasteiger partial charge in [-0.25, -0.2) is 0 Å². The van der Waals surface area contributed by atoms with Gasteiger partial charge in [0.1, 0.15) is 0 Å². The monoisotopic (exact) mass is 311 g/mol. The van der Waals surface area contributed by atoms with Crippen LogP contribution in [0.25, 0.3) is 0 Å². The molecule has 0 spiro atoms. The highest BCUT2D eigenvalue weighted by molar-refractivity contribution is 5.82. The predicted molar refractivity (Wildman–Crippen MR) is 87.7 cm³/mol.